The summed E-state index contributed by atoms with van der Waals surface area (Å²) >= 11 is 3.44. The Morgan fingerprint density at radius 1 is 1.16 bits per heavy atom. The van der Waals surface area contributed by atoms with E-state index in [-0.39, 0.29) is 5.91 Å². The summed E-state index contributed by atoms with van der Waals surface area (Å²) in [6.07, 6.45) is 2.11. The lowest BCUT2D eigenvalue weighted by Crippen LogP contribution is -2.13. The number of hydrogen-bond acceptors (Lipinski definition) is 3. The van der Waals surface area contributed by atoms with Crippen molar-refractivity contribution in [1.82, 2.24) is 0 Å². The fourth-order valence-corrected chi connectivity index (χ4v) is 2.70. The quantitative estimate of drug-likeness (QED) is 0.566. The molecule has 4 nitrogen and oxygen atoms in total. The SMILES string of the molecule is CCCCOCc1cc(C(=O)Nc2ccccc2Br)ccc1OCC. The van der Waals surface area contributed by atoms with E-state index in [0.717, 1.165) is 34.3 Å². The van der Waals surface area contributed by atoms with Crippen LogP contribution in [0.1, 0.15) is 42.6 Å². The highest BCUT2D eigenvalue weighted by atomic mass is 79.9. The van der Waals surface area contributed by atoms with Crippen LogP contribution in [0.3, 0.4) is 0 Å². The monoisotopic (exact) mass is 405 g/mol. The lowest BCUT2D eigenvalue weighted by Gasteiger charge is -2.13. The Kier molecular flexibility index (Phi) is 7.95. The van der Waals surface area contributed by atoms with Crippen molar-refractivity contribution < 1.29 is 14.3 Å². The number of amides is 1. The molecule has 0 aliphatic heterocycles. The van der Waals surface area contributed by atoms with Crippen LogP contribution >= 0.6 is 15.9 Å². The minimum Gasteiger partial charge on any atom is -0.494 e. The standard InChI is InChI=1S/C20H24BrNO3/c1-3-5-12-24-14-16-13-15(10-11-19(16)25-4-2)20(23)22-18-9-7-6-8-17(18)21/h6-11,13H,3-5,12,14H2,1-2H3,(H,22,23). The van der Waals surface area contributed by atoms with Gasteiger partial charge in [0.2, 0.25) is 0 Å². The van der Waals surface area contributed by atoms with Gasteiger partial charge in [0.1, 0.15) is 5.75 Å². The lowest BCUT2D eigenvalue weighted by molar-refractivity contribution is 0.102. The molecule has 25 heavy (non-hydrogen) atoms. The Bertz CT molecular complexity index is 703. The first-order valence-electron chi connectivity index (χ1n) is 8.55. The van der Waals surface area contributed by atoms with Crippen LogP contribution in [0.25, 0.3) is 0 Å². The number of hydrogen-bond donors (Lipinski definition) is 1. The molecule has 1 N–H and O–H groups in total. The van der Waals surface area contributed by atoms with Crippen LogP contribution in [0.4, 0.5) is 5.69 Å². The molecule has 0 heterocycles. The number of halogens is 1. The number of nitrogens with one attached hydrogen (secondary N) is 1. The van der Waals surface area contributed by atoms with Gasteiger partial charge in [-0.2, -0.15) is 0 Å². The predicted molar refractivity (Wildman–Crippen MR) is 104 cm³/mol. The number of ether oxygens (including phenoxy) is 2. The van der Waals surface area contributed by atoms with Crippen molar-refractivity contribution in [2.75, 3.05) is 18.5 Å². The van der Waals surface area contributed by atoms with Crippen LogP contribution in [0.2, 0.25) is 0 Å². The first-order chi connectivity index (χ1) is 12.2. The summed E-state index contributed by atoms with van der Waals surface area (Å²) in [5, 5.41) is 2.91. The summed E-state index contributed by atoms with van der Waals surface area (Å²) in [6, 6.07) is 13.0. The van der Waals surface area contributed by atoms with Gasteiger partial charge in [0.15, 0.2) is 0 Å². The molecule has 0 unspecified atom stereocenters. The van der Waals surface area contributed by atoms with Crippen molar-refractivity contribution in [3.63, 3.8) is 0 Å². The summed E-state index contributed by atoms with van der Waals surface area (Å²) < 4.78 is 12.2. The van der Waals surface area contributed by atoms with Gasteiger partial charge >= 0.3 is 0 Å². The highest BCUT2D eigenvalue weighted by molar-refractivity contribution is 9.10. The fraction of sp³-hybridized carbons (Fsp3) is 0.350. The van der Waals surface area contributed by atoms with E-state index in [1.165, 1.54) is 0 Å². The number of para-hydroxylation sites is 1. The third-order valence-electron chi connectivity index (χ3n) is 3.64. The zero-order chi connectivity index (χ0) is 18.1. The first-order valence-corrected chi connectivity index (χ1v) is 9.34. The summed E-state index contributed by atoms with van der Waals surface area (Å²) in [5.41, 5.74) is 2.20. The maximum absolute atomic E-state index is 12.6. The molecule has 5 heteroatoms. The summed E-state index contributed by atoms with van der Waals surface area (Å²) in [6.45, 7) is 5.78. The molecular weight excluding hydrogens is 382 g/mol. The van der Waals surface area contributed by atoms with Gasteiger partial charge in [0, 0.05) is 22.2 Å². The van der Waals surface area contributed by atoms with Crippen LogP contribution in [-0.2, 0) is 11.3 Å². The van der Waals surface area contributed by atoms with E-state index in [4.69, 9.17) is 9.47 Å². The van der Waals surface area contributed by atoms with Crippen LogP contribution < -0.4 is 10.1 Å². The van der Waals surface area contributed by atoms with Gasteiger partial charge < -0.3 is 14.8 Å². The van der Waals surface area contributed by atoms with Crippen molar-refractivity contribution >= 4 is 27.5 Å². The lowest BCUT2D eigenvalue weighted by atomic mass is 10.1. The molecular formula is C20H24BrNO3. The predicted octanol–water partition coefficient (Wildman–Crippen LogP) is 5.42. The average Bonchev–Trinajstić information content (AvgIpc) is 2.62. The zero-order valence-electron chi connectivity index (χ0n) is 14.7. The smallest absolute Gasteiger partial charge is 0.255 e. The topological polar surface area (TPSA) is 47.6 Å². The summed E-state index contributed by atoms with van der Waals surface area (Å²) in [7, 11) is 0. The Morgan fingerprint density at radius 2 is 1.96 bits per heavy atom. The highest BCUT2D eigenvalue weighted by Crippen LogP contribution is 2.24. The van der Waals surface area contributed by atoms with Crippen LogP contribution in [-0.4, -0.2) is 19.1 Å². The average molecular weight is 406 g/mol. The minimum absolute atomic E-state index is 0.162. The van der Waals surface area contributed by atoms with E-state index in [9.17, 15) is 4.79 Å². The second-order valence-corrected chi connectivity index (χ2v) is 6.45. The van der Waals surface area contributed by atoms with Crippen molar-refractivity contribution in [1.29, 1.82) is 0 Å². The van der Waals surface area contributed by atoms with Crippen LogP contribution in [0.15, 0.2) is 46.9 Å². The maximum atomic E-state index is 12.6. The number of rotatable bonds is 9. The number of carbonyl (C=O) groups is 1. The zero-order valence-corrected chi connectivity index (χ0v) is 16.3. The highest BCUT2D eigenvalue weighted by Gasteiger charge is 2.12. The molecule has 0 aliphatic carbocycles. The molecule has 0 saturated carbocycles. The minimum atomic E-state index is -0.162. The second-order valence-electron chi connectivity index (χ2n) is 5.60. The van der Waals surface area contributed by atoms with Crippen molar-refractivity contribution in [2.24, 2.45) is 0 Å². The molecule has 0 bridgehead atoms. The molecule has 1 amide bonds. The first kappa shape index (κ1) is 19.5. The summed E-state index contributed by atoms with van der Waals surface area (Å²) in [5.74, 6) is 0.598. The molecule has 0 aromatic heterocycles. The molecule has 0 spiro atoms. The van der Waals surface area contributed by atoms with Crippen molar-refractivity contribution in [2.45, 2.75) is 33.3 Å². The Hall–Kier alpha value is -1.85. The van der Waals surface area contributed by atoms with Crippen LogP contribution in [0.5, 0.6) is 5.75 Å². The number of carbonyl (C=O) groups excluding carboxylic acids is 1. The van der Waals surface area contributed by atoms with Gasteiger partial charge in [0.05, 0.1) is 18.9 Å². The molecule has 2 aromatic rings. The normalized spacial score (nSPS) is 10.5. The van der Waals surface area contributed by atoms with E-state index in [1.54, 1.807) is 6.07 Å². The van der Waals surface area contributed by atoms with Crippen molar-refractivity contribution in [3.05, 3.63) is 58.1 Å². The third kappa shape index (κ3) is 5.87. The Morgan fingerprint density at radius 3 is 2.68 bits per heavy atom. The molecule has 2 aromatic carbocycles. The Balaban J connectivity index is 2.14. The number of anilines is 1. The molecule has 0 atom stereocenters. The van der Waals surface area contributed by atoms with E-state index in [0.29, 0.717) is 25.4 Å². The molecule has 0 aliphatic rings. The van der Waals surface area contributed by atoms with Gasteiger partial charge in [-0.25, -0.2) is 0 Å². The maximum Gasteiger partial charge on any atom is 0.255 e. The third-order valence-corrected chi connectivity index (χ3v) is 4.34. The van der Waals surface area contributed by atoms with Crippen LogP contribution in [0, 0.1) is 0 Å². The van der Waals surface area contributed by atoms with Gasteiger partial charge in [-0.15, -0.1) is 0 Å². The van der Waals surface area contributed by atoms with Gasteiger partial charge in [0.25, 0.3) is 5.91 Å². The van der Waals surface area contributed by atoms with Gasteiger partial charge in [-0.3, -0.25) is 4.79 Å². The molecule has 134 valence electrons. The number of benzene rings is 2. The van der Waals surface area contributed by atoms with E-state index in [1.807, 2.05) is 43.3 Å². The van der Waals surface area contributed by atoms with E-state index in [2.05, 4.69) is 28.2 Å². The fourth-order valence-electron chi connectivity index (χ4n) is 2.32. The Labute approximate surface area is 157 Å². The second kappa shape index (κ2) is 10.2. The van der Waals surface area contributed by atoms with Gasteiger partial charge in [-0.1, -0.05) is 25.5 Å². The molecule has 0 fully saturated rings. The molecule has 0 saturated heterocycles. The molecule has 0 radical (unpaired) electrons. The largest absolute Gasteiger partial charge is 0.494 e. The van der Waals surface area contributed by atoms with Gasteiger partial charge in [-0.05, 0) is 59.6 Å². The number of unbranched alkanes of at least 4 members (excludes halogenated alkanes) is 1. The van der Waals surface area contributed by atoms with E-state index < -0.39 is 0 Å². The summed E-state index contributed by atoms with van der Waals surface area (Å²) in [4.78, 5) is 12.6. The van der Waals surface area contributed by atoms with Crippen molar-refractivity contribution in [3.8, 4) is 5.75 Å². The molecule has 2 rings (SSSR count). The van der Waals surface area contributed by atoms with E-state index >= 15 is 0 Å².